The van der Waals surface area contributed by atoms with Gasteiger partial charge in [0.25, 0.3) is 15.9 Å². The van der Waals surface area contributed by atoms with Crippen molar-refractivity contribution in [3.8, 4) is 0 Å². The van der Waals surface area contributed by atoms with Gasteiger partial charge in [0.05, 0.1) is 4.90 Å². The third-order valence-electron chi connectivity index (χ3n) is 2.12. The van der Waals surface area contributed by atoms with Gasteiger partial charge in [-0.15, -0.1) is 12.4 Å². The summed E-state index contributed by atoms with van der Waals surface area (Å²) in [5.74, 6) is -0.798. The first-order chi connectivity index (χ1) is 7.00. The molecule has 0 bridgehead atoms. The quantitative estimate of drug-likeness (QED) is 0.786. The van der Waals surface area contributed by atoms with E-state index in [4.69, 9.17) is 5.73 Å². The second kappa shape index (κ2) is 4.23. The maximum Gasteiger partial charge on any atom is 0.283 e. The van der Waals surface area contributed by atoms with E-state index in [1.165, 1.54) is 6.07 Å². The summed E-state index contributed by atoms with van der Waals surface area (Å²) >= 11 is 0. The van der Waals surface area contributed by atoms with E-state index in [1.54, 1.807) is 18.2 Å². The Kier molecular flexibility index (Phi) is 3.35. The summed E-state index contributed by atoms with van der Waals surface area (Å²) < 4.78 is 26.6. The lowest BCUT2D eigenvalue weighted by molar-refractivity contribution is -0.112. The predicted octanol–water partition coefficient (Wildman–Crippen LogP) is 0.280. The third-order valence-corrected chi connectivity index (χ3v) is 3.54. The van der Waals surface area contributed by atoms with Crippen molar-refractivity contribution in [1.82, 2.24) is 0 Å². The largest absolute Gasteiger partial charge is 0.365 e. The fourth-order valence-electron chi connectivity index (χ4n) is 1.44. The van der Waals surface area contributed by atoms with Crippen LogP contribution in [0.1, 0.15) is 5.56 Å². The Morgan fingerprint density at radius 2 is 1.94 bits per heavy atom. The molecule has 2 N–H and O–H groups in total. The summed E-state index contributed by atoms with van der Waals surface area (Å²) in [7, 11) is -3.75. The summed E-state index contributed by atoms with van der Waals surface area (Å²) in [5.41, 5.74) is 5.45. The van der Waals surface area contributed by atoms with Gasteiger partial charge in [0.2, 0.25) is 0 Å². The van der Waals surface area contributed by atoms with Crippen molar-refractivity contribution in [2.75, 3.05) is 0 Å². The Morgan fingerprint density at radius 1 is 1.31 bits per heavy atom. The number of carbonyl (C=O) groups excluding carboxylic acids is 1. The van der Waals surface area contributed by atoms with Crippen molar-refractivity contribution < 1.29 is 13.2 Å². The molecule has 1 aromatic carbocycles. The van der Waals surface area contributed by atoms with Crippen LogP contribution in [-0.2, 0) is 21.2 Å². The Balaban J connectivity index is 0.00000128. The number of benzene rings is 1. The first-order valence-corrected chi connectivity index (χ1v) is 5.66. The SMILES string of the molecule is Cl.NC(=O)C1=NS(=O)(=O)c2ccccc2C1. The number of hydrogen-bond donors (Lipinski definition) is 1. The predicted molar refractivity (Wildman–Crippen MR) is 61.2 cm³/mol. The van der Waals surface area contributed by atoms with E-state index in [2.05, 4.69) is 4.40 Å². The van der Waals surface area contributed by atoms with E-state index in [0.29, 0.717) is 5.56 Å². The molecule has 0 aliphatic carbocycles. The van der Waals surface area contributed by atoms with Crippen molar-refractivity contribution in [3.63, 3.8) is 0 Å². The zero-order valence-corrected chi connectivity index (χ0v) is 9.72. The van der Waals surface area contributed by atoms with Crippen LogP contribution in [0.15, 0.2) is 33.6 Å². The lowest BCUT2D eigenvalue weighted by Crippen LogP contribution is -2.29. The molecule has 5 nitrogen and oxygen atoms in total. The summed E-state index contributed by atoms with van der Waals surface area (Å²) in [4.78, 5) is 11.0. The van der Waals surface area contributed by atoms with Gasteiger partial charge >= 0.3 is 0 Å². The van der Waals surface area contributed by atoms with Crippen LogP contribution < -0.4 is 5.73 Å². The first-order valence-electron chi connectivity index (χ1n) is 4.22. The zero-order chi connectivity index (χ0) is 11.1. The summed E-state index contributed by atoms with van der Waals surface area (Å²) in [5, 5.41) is 0. The highest BCUT2D eigenvalue weighted by Gasteiger charge is 2.26. The van der Waals surface area contributed by atoms with Gasteiger partial charge in [0, 0.05) is 6.42 Å². The van der Waals surface area contributed by atoms with Crippen LogP contribution in [0, 0.1) is 0 Å². The van der Waals surface area contributed by atoms with Crippen LogP contribution in [0.4, 0.5) is 0 Å². The molecule has 1 aromatic rings. The number of hydrogen-bond acceptors (Lipinski definition) is 3. The van der Waals surface area contributed by atoms with Gasteiger partial charge in [-0.05, 0) is 11.6 Å². The molecular formula is C9H9ClN2O3S. The van der Waals surface area contributed by atoms with Crippen molar-refractivity contribution in [3.05, 3.63) is 29.8 Å². The number of nitrogens with zero attached hydrogens (tertiary/aromatic N) is 1. The standard InChI is InChI=1S/C9H8N2O3S.ClH/c10-9(12)7-5-6-3-1-2-4-8(6)15(13,14)11-7;/h1-4H,5H2,(H2,10,12);1H. The van der Waals surface area contributed by atoms with E-state index in [-0.39, 0.29) is 29.4 Å². The van der Waals surface area contributed by atoms with Crippen LogP contribution in [0.25, 0.3) is 0 Å². The van der Waals surface area contributed by atoms with Crippen LogP contribution in [0.3, 0.4) is 0 Å². The van der Waals surface area contributed by atoms with Gasteiger partial charge in [-0.25, -0.2) is 0 Å². The van der Waals surface area contributed by atoms with Crippen LogP contribution in [0.2, 0.25) is 0 Å². The summed E-state index contributed by atoms with van der Waals surface area (Å²) in [6.45, 7) is 0. The molecule has 1 heterocycles. The van der Waals surface area contributed by atoms with E-state index in [9.17, 15) is 13.2 Å². The number of nitrogens with two attached hydrogens (primary N) is 1. The van der Waals surface area contributed by atoms with Gasteiger partial charge in [-0.3, -0.25) is 4.79 Å². The number of carbonyl (C=O) groups is 1. The molecule has 0 unspecified atom stereocenters. The maximum atomic E-state index is 11.6. The highest BCUT2D eigenvalue weighted by atomic mass is 35.5. The van der Waals surface area contributed by atoms with E-state index < -0.39 is 15.9 Å². The smallest absolute Gasteiger partial charge is 0.283 e. The van der Waals surface area contributed by atoms with Gasteiger partial charge in [-0.2, -0.15) is 12.8 Å². The van der Waals surface area contributed by atoms with Gasteiger partial charge < -0.3 is 5.73 Å². The molecule has 0 atom stereocenters. The van der Waals surface area contributed by atoms with Crippen molar-refractivity contribution in [1.29, 1.82) is 0 Å². The molecule has 1 aliphatic heterocycles. The van der Waals surface area contributed by atoms with Crippen molar-refractivity contribution >= 4 is 34.0 Å². The monoisotopic (exact) mass is 260 g/mol. The fourth-order valence-corrected chi connectivity index (χ4v) is 2.71. The van der Waals surface area contributed by atoms with Gasteiger partial charge in [-0.1, -0.05) is 18.2 Å². The molecule has 0 fully saturated rings. The van der Waals surface area contributed by atoms with Crippen molar-refractivity contribution in [2.24, 2.45) is 10.1 Å². The highest BCUT2D eigenvalue weighted by molar-refractivity contribution is 7.90. The van der Waals surface area contributed by atoms with Crippen LogP contribution in [0.5, 0.6) is 0 Å². The highest BCUT2D eigenvalue weighted by Crippen LogP contribution is 2.23. The van der Waals surface area contributed by atoms with E-state index in [0.717, 1.165) is 0 Å². The van der Waals surface area contributed by atoms with E-state index >= 15 is 0 Å². The van der Waals surface area contributed by atoms with E-state index in [1.807, 2.05) is 0 Å². The normalized spacial score (nSPS) is 16.6. The lowest BCUT2D eigenvalue weighted by atomic mass is 10.1. The molecule has 7 heteroatoms. The molecule has 0 saturated carbocycles. The van der Waals surface area contributed by atoms with Gasteiger partial charge in [0.1, 0.15) is 5.71 Å². The molecule has 86 valence electrons. The second-order valence-corrected chi connectivity index (χ2v) is 4.73. The summed E-state index contributed by atoms with van der Waals surface area (Å²) in [6.07, 6.45) is 0.171. The summed E-state index contributed by atoms with van der Waals surface area (Å²) in [6, 6.07) is 6.43. The Morgan fingerprint density at radius 3 is 2.56 bits per heavy atom. The Labute approximate surface area is 98.8 Å². The average Bonchev–Trinajstić information content (AvgIpc) is 2.16. The molecule has 0 radical (unpaired) electrons. The number of amides is 1. The minimum atomic E-state index is -3.75. The number of halogens is 1. The third kappa shape index (κ3) is 2.07. The Bertz CT molecular complexity index is 566. The number of fused-ring (bicyclic) bond motifs is 1. The second-order valence-electron chi connectivity index (χ2n) is 3.16. The maximum absolute atomic E-state index is 11.6. The molecule has 16 heavy (non-hydrogen) atoms. The van der Waals surface area contributed by atoms with Crippen molar-refractivity contribution in [2.45, 2.75) is 11.3 Å². The van der Waals surface area contributed by atoms with Crippen LogP contribution >= 0.6 is 12.4 Å². The first kappa shape index (κ1) is 12.7. The molecule has 2 rings (SSSR count). The fraction of sp³-hybridized carbons (Fsp3) is 0.111. The molecule has 1 amide bonds. The van der Waals surface area contributed by atoms with Gasteiger partial charge in [0.15, 0.2) is 0 Å². The zero-order valence-electron chi connectivity index (χ0n) is 8.08. The number of rotatable bonds is 1. The van der Waals surface area contributed by atoms with Crippen LogP contribution in [-0.4, -0.2) is 20.0 Å². The molecule has 0 spiro atoms. The minimum absolute atomic E-state index is 0. The number of primary amides is 1. The molecule has 0 aromatic heterocycles. The molecular weight excluding hydrogens is 252 g/mol. The Hall–Kier alpha value is -1.40. The minimum Gasteiger partial charge on any atom is -0.365 e. The molecule has 0 saturated heterocycles. The molecule has 1 aliphatic rings. The lowest BCUT2D eigenvalue weighted by Gasteiger charge is -2.13. The topological polar surface area (TPSA) is 89.6 Å². The number of sulfonamides is 1. The average molecular weight is 261 g/mol.